The van der Waals surface area contributed by atoms with E-state index in [2.05, 4.69) is 0 Å². The van der Waals surface area contributed by atoms with Crippen LogP contribution in [0.3, 0.4) is 0 Å². The number of carbonyl (C=O) groups excluding carboxylic acids is 1. The van der Waals surface area contributed by atoms with E-state index in [1.165, 1.54) is 18.2 Å². The number of nitro benzene ring substituents is 1. The molecule has 1 fully saturated rings. The first kappa shape index (κ1) is 14.1. The summed E-state index contributed by atoms with van der Waals surface area (Å²) in [7, 11) is 0. The molecule has 1 aromatic rings. The number of likely N-dealkylation sites (tertiary alicyclic amines) is 1. The lowest BCUT2D eigenvalue weighted by Crippen LogP contribution is -2.29. The standard InChI is InChI=1S/C12H12Cl2N2O3/c13-6-8-3-4-15(7-8)12(17)10-2-1-9(14)5-11(10)16(18)19/h1-2,5,8H,3-4,6-7H2. The summed E-state index contributed by atoms with van der Waals surface area (Å²) in [6.45, 7) is 1.12. The van der Waals surface area contributed by atoms with Gasteiger partial charge in [0.25, 0.3) is 11.6 Å². The zero-order valence-corrected chi connectivity index (χ0v) is 11.5. The Morgan fingerprint density at radius 1 is 1.53 bits per heavy atom. The maximum absolute atomic E-state index is 12.3. The van der Waals surface area contributed by atoms with Crippen molar-refractivity contribution in [3.8, 4) is 0 Å². The molecule has 102 valence electrons. The molecule has 1 atom stereocenters. The molecular formula is C12H12Cl2N2O3. The van der Waals surface area contributed by atoms with Gasteiger partial charge in [-0.05, 0) is 24.5 Å². The van der Waals surface area contributed by atoms with E-state index in [9.17, 15) is 14.9 Å². The molecule has 1 unspecified atom stereocenters. The van der Waals surface area contributed by atoms with Gasteiger partial charge in [-0.1, -0.05) is 11.6 Å². The second-order valence-electron chi connectivity index (χ2n) is 4.48. The van der Waals surface area contributed by atoms with E-state index in [-0.39, 0.29) is 28.1 Å². The first-order valence-corrected chi connectivity index (χ1v) is 6.73. The van der Waals surface area contributed by atoms with E-state index in [0.717, 1.165) is 6.42 Å². The molecule has 7 heteroatoms. The van der Waals surface area contributed by atoms with Crippen molar-refractivity contribution < 1.29 is 9.72 Å². The van der Waals surface area contributed by atoms with Crippen LogP contribution in [0.4, 0.5) is 5.69 Å². The van der Waals surface area contributed by atoms with Gasteiger partial charge in [0.2, 0.25) is 0 Å². The van der Waals surface area contributed by atoms with Crippen LogP contribution in [-0.4, -0.2) is 34.7 Å². The van der Waals surface area contributed by atoms with E-state index in [1.54, 1.807) is 4.90 Å². The number of carbonyl (C=O) groups is 1. The third-order valence-electron chi connectivity index (χ3n) is 3.18. The molecule has 1 aliphatic heterocycles. The first-order chi connectivity index (χ1) is 9.02. The Bertz CT molecular complexity index is 522. The number of amides is 1. The second kappa shape index (κ2) is 5.75. The summed E-state index contributed by atoms with van der Waals surface area (Å²) >= 11 is 11.5. The lowest BCUT2D eigenvalue weighted by Gasteiger charge is -2.16. The van der Waals surface area contributed by atoms with Gasteiger partial charge < -0.3 is 4.90 Å². The van der Waals surface area contributed by atoms with Crippen molar-refractivity contribution in [3.05, 3.63) is 38.9 Å². The van der Waals surface area contributed by atoms with Crippen molar-refractivity contribution in [2.45, 2.75) is 6.42 Å². The fourth-order valence-electron chi connectivity index (χ4n) is 2.15. The summed E-state index contributed by atoms with van der Waals surface area (Å²) in [6, 6.07) is 4.08. The Morgan fingerprint density at radius 3 is 2.84 bits per heavy atom. The third kappa shape index (κ3) is 2.98. The van der Waals surface area contributed by atoms with Crippen LogP contribution >= 0.6 is 23.2 Å². The highest BCUT2D eigenvalue weighted by molar-refractivity contribution is 6.31. The molecule has 0 saturated carbocycles. The molecule has 0 radical (unpaired) electrons. The minimum atomic E-state index is -0.589. The lowest BCUT2D eigenvalue weighted by molar-refractivity contribution is -0.385. The Hall–Kier alpha value is -1.33. The summed E-state index contributed by atoms with van der Waals surface area (Å²) in [4.78, 5) is 24.3. The number of alkyl halides is 1. The molecule has 1 aromatic carbocycles. The summed E-state index contributed by atoms with van der Waals surface area (Å²) in [6.07, 6.45) is 0.830. The van der Waals surface area contributed by atoms with Crippen molar-refractivity contribution in [1.82, 2.24) is 4.90 Å². The van der Waals surface area contributed by atoms with Crippen molar-refractivity contribution in [2.24, 2.45) is 5.92 Å². The summed E-state index contributed by atoms with van der Waals surface area (Å²) in [5.41, 5.74) is -0.184. The molecule has 0 aliphatic carbocycles. The maximum atomic E-state index is 12.3. The molecule has 0 spiro atoms. The Labute approximate surface area is 120 Å². The number of nitrogens with zero attached hydrogens (tertiary/aromatic N) is 2. The molecule has 0 bridgehead atoms. The van der Waals surface area contributed by atoms with E-state index in [1.807, 2.05) is 0 Å². The van der Waals surface area contributed by atoms with Gasteiger partial charge in [-0.15, -0.1) is 11.6 Å². The van der Waals surface area contributed by atoms with Crippen LogP contribution in [0, 0.1) is 16.0 Å². The largest absolute Gasteiger partial charge is 0.338 e. The quantitative estimate of drug-likeness (QED) is 0.490. The summed E-state index contributed by atoms with van der Waals surface area (Å²) < 4.78 is 0. The van der Waals surface area contributed by atoms with E-state index in [0.29, 0.717) is 19.0 Å². The highest BCUT2D eigenvalue weighted by atomic mass is 35.5. The van der Waals surface area contributed by atoms with Crippen molar-refractivity contribution in [2.75, 3.05) is 19.0 Å². The molecule has 1 saturated heterocycles. The molecule has 1 amide bonds. The van der Waals surface area contributed by atoms with Gasteiger partial charge in [0.1, 0.15) is 5.56 Å². The fraction of sp³-hybridized carbons (Fsp3) is 0.417. The molecule has 0 N–H and O–H groups in total. The average Bonchev–Trinajstić information content (AvgIpc) is 2.86. The van der Waals surface area contributed by atoms with Crippen molar-refractivity contribution in [1.29, 1.82) is 0 Å². The zero-order valence-electron chi connectivity index (χ0n) is 10.0. The Kier molecular flexibility index (Phi) is 4.27. The minimum Gasteiger partial charge on any atom is -0.338 e. The molecule has 19 heavy (non-hydrogen) atoms. The van der Waals surface area contributed by atoms with Crippen molar-refractivity contribution >= 4 is 34.8 Å². The smallest absolute Gasteiger partial charge is 0.283 e. The SMILES string of the molecule is O=C(c1ccc(Cl)cc1[N+](=O)[O-])N1CCC(CCl)C1. The number of hydrogen-bond acceptors (Lipinski definition) is 3. The second-order valence-corrected chi connectivity index (χ2v) is 5.22. The molecule has 1 aliphatic rings. The predicted molar refractivity (Wildman–Crippen MR) is 72.8 cm³/mol. The number of benzene rings is 1. The van der Waals surface area contributed by atoms with Gasteiger partial charge in [-0.3, -0.25) is 14.9 Å². The van der Waals surface area contributed by atoms with Crippen LogP contribution in [0.1, 0.15) is 16.8 Å². The lowest BCUT2D eigenvalue weighted by atomic mass is 10.1. The van der Waals surface area contributed by atoms with Crippen LogP contribution in [0.25, 0.3) is 0 Å². The number of rotatable bonds is 3. The predicted octanol–water partition coefficient (Wildman–Crippen LogP) is 2.95. The Morgan fingerprint density at radius 2 is 2.26 bits per heavy atom. The third-order valence-corrected chi connectivity index (χ3v) is 3.85. The fourth-order valence-corrected chi connectivity index (χ4v) is 2.57. The molecular weight excluding hydrogens is 291 g/mol. The first-order valence-electron chi connectivity index (χ1n) is 5.82. The van der Waals surface area contributed by atoms with Crippen LogP contribution in [0.5, 0.6) is 0 Å². The normalized spacial score (nSPS) is 18.6. The van der Waals surface area contributed by atoms with Gasteiger partial charge in [0, 0.05) is 30.1 Å². The van der Waals surface area contributed by atoms with Gasteiger partial charge in [-0.2, -0.15) is 0 Å². The molecule has 1 heterocycles. The summed E-state index contributed by atoms with van der Waals surface area (Å²) in [5.74, 6) is 0.417. The van der Waals surface area contributed by atoms with Crippen LogP contribution < -0.4 is 0 Å². The van der Waals surface area contributed by atoms with Gasteiger partial charge in [0.05, 0.1) is 4.92 Å². The zero-order chi connectivity index (χ0) is 14.0. The number of nitro groups is 1. The van der Waals surface area contributed by atoms with Gasteiger partial charge >= 0.3 is 0 Å². The summed E-state index contributed by atoms with van der Waals surface area (Å²) in [5, 5.41) is 11.2. The Balaban J connectivity index is 2.27. The van der Waals surface area contributed by atoms with E-state index < -0.39 is 4.92 Å². The number of hydrogen-bond donors (Lipinski definition) is 0. The van der Waals surface area contributed by atoms with Crippen LogP contribution in [0.2, 0.25) is 5.02 Å². The molecule has 2 rings (SSSR count). The highest BCUT2D eigenvalue weighted by Gasteiger charge is 2.30. The maximum Gasteiger partial charge on any atom is 0.283 e. The molecule has 0 aromatic heterocycles. The molecule has 5 nitrogen and oxygen atoms in total. The van der Waals surface area contributed by atoms with Gasteiger partial charge in [0.15, 0.2) is 0 Å². The van der Waals surface area contributed by atoms with Crippen molar-refractivity contribution in [3.63, 3.8) is 0 Å². The van der Waals surface area contributed by atoms with E-state index >= 15 is 0 Å². The van der Waals surface area contributed by atoms with Crippen LogP contribution in [0.15, 0.2) is 18.2 Å². The monoisotopic (exact) mass is 302 g/mol. The minimum absolute atomic E-state index is 0.0737. The van der Waals surface area contributed by atoms with Crippen LogP contribution in [-0.2, 0) is 0 Å². The van der Waals surface area contributed by atoms with E-state index in [4.69, 9.17) is 23.2 Å². The number of halogens is 2. The topological polar surface area (TPSA) is 63.4 Å². The highest BCUT2D eigenvalue weighted by Crippen LogP contribution is 2.27. The van der Waals surface area contributed by atoms with Gasteiger partial charge in [-0.25, -0.2) is 0 Å². The average molecular weight is 303 g/mol.